The van der Waals surface area contributed by atoms with E-state index in [0.29, 0.717) is 15.2 Å². The fourth-order valence-corrected chi connectivity index (χ4v) is 6.09. The normalized spacial score (nSPS) is 12.4. The quantitative estimate of drug-likeness (QED) is 0.473. The van der Waals surface area contributed by atoms with E-state index in [1.54, 1.807) is 18.2 Å². The van der Waals surface area contributed by atoms with Crippen LogP contribution >= 0.6 is 27.3 Å². The van der Waals surface area contributed by atoms with Crippen molar-refractivity contribution in [3.8, 4) is 5.75 Å². The van der Waals surface area contributed by atoms with Crippen LogP contribution in [0.15, 0.2) is 68.7 Å². The second-order valence-electron chi connectivity index (χ2n) is 6.62. The van der Waals surface area contributed by atoms with Crippen molar-refractivity contribution in [2.45, 2.75) is 23.6 Å². The number of amides is 1. The van der Waals surface area contributed by atoms with Crippen LogP contribution in [0.2, 0.25) is 0 Å². The van der Waals surface area contributed by atoms with Gasteiger partial charge in [-0.1, -0.05) is 36.4 Å². The van der Waals surface area contributed by atoms with Crippen molar-refractivity contribution in [1.82, 2.24) is 4.72 Å². The molecule has 30 heavy (non-hydrogen) atoms. The Kier molecular flexibility index (Phi) is 7.30. The number of thiophene rings is 1. The molecule has 2 N–H and O–H groups in total. The average molecular weight is 509 g/mol. The summed E-state index contributed by atoms with van der Waals surface area (Å²) in [5.41, 5.74) is 2.26. The molecule has 0 saturated heterocycles. The van der Waals surface area contributed by atoms with Crippen molar-refractivity contribution >= 4 is 48.9 Å². The summed E-state index contributed by atoms with van der Waals surface area (Å²) in [4.78, 5) is 13.1. The van der Waals surface area contributed by atoms with Gasteiger partial charge in [0.1, 0.15) is 16.0 Å². The highest BCUT2D eigenvalue weighted by molar-refractivity contribution is 9.11. The van der Waals surface area contributed by atoms with E-state index in [1.165, 1.54) is 13.2 Å². The van der Waals surface area contributed by atoms with E-state index in [9.17, 15) is 13.2 Å². The van der Waals surface area contributed by atoms with E-state index in [-0.39, 0.29) is 10.6 Å². The second kappa shape index (κ2) is 9.74. The summed E-state index contributed by atoms with van der Waals surface area (Å²) in [5.74, 6) is 0.0272. The van der Waals surface area contributed by atoms with Gasteiger partial charge >= 0.3 is 0 Å². The minimum Gasteiger partial charge on any atom is -0.495 e. The molecule has 6 nitrogen and oxygen atoms in total. The molecule has 2 aromatic carbocycles. The van der Waals surface area contributed by atoms with Crippen molar-refractivity contribution in [2.75, 3.05) is 12.4 Å². The maximum atomic E-state index is 13.1. The molecule has 1 heterocycles. The predicted molar refractivity (Wildman–Crippen MR) is 123 cm³/mol. The van der Waals surface area contributed by atoms with Crippen LogP contribution in [0.4, 0.5) is 5.69 Å². The molecule has 0 aliphatic carbocycles. The van der Waals surface area contributed by atoms with Crippen LogP contribution in [0.1, 0.15) is 11.1 Å². The summed E-state index contributed by atoms with van der Waals surface area (Å²) in [6.45, 7) is 1.90. The number of sulfonamides is 1. The zero-order valence-corrected chi connectivity index (χ0v) is 19.6. The van der Waals surface area contributed by atoms with Gasteiger partial charge in [0.2, 0.25) is 5.91 Å². The highest BCUT2D eigenvalue weighted by Crippen LogP contribution is 2.27. The third-order valence-electron chi connectivity index (χ3n) is 4.32. The number of carbonyl (C=O) groups excluding carboxylic acids is 1. The van der Waals surface area contributed by atoms with Gasteiger partial charge in [-0.25, -0.2) is 8.42 Å². The van der Waals surface area contributed by atoms with E-state index in [4.69, 9.17) is 4.74 Å². The minimum absolute atomic E-state index is 0.133. The minimum atomic E-state index is -3.87. The third kappa shape index (κ3) is 5.69. The molecule has 9 heteroatoms. The Morgan fingerprint density at radius 1 is 1.13 bits per heavy atom. The smallest absolute Gasteiger partial charge is 0.250 e. The van der Waals surface area contributed by atoms with Gasteiger partial charge in [-0.2, -0.15) is 4.72 Å². The van der Waals surface area contributed by atoms with Gasteiger partial charge in [-0.3, -0.25) is 4.79 Å². The molecule has 3 aromatic rings. The lowest BCUT2D eigenvalue weighted by Gasteiger charge is -2.19. The van der Waals surface area contributed by atoms with Crippen LogP contribution in [-0.2, 0) is 21.2 Å². The van der Waals surface area contributed by atoms with Gasteiger partial charge in [-0.05, 0) is 64.7 Å². The van der Waals surface area contributed by atoms with Crippen molar-refractivity contribution < 1.29 is 17.9 Å². The number of hydrogen-bond donors (Lipinski definition) is 2. The number of halogens is 1. The van der Waals surface area contributed by atoms with Crippen LogP contribution < -0.4 is 14.8 Å². The van der Waals surface area contributed by atoms with E-state index in [0.717, 1.165) is 22.5 Å². The number of benzene rings is 2. The summed E-state index contributed by atoms with van der Waals surface area (Å²) in [6.07, 6.45) is 0.201. The number of rotatable bonds is 8. The van der Waals surface area contributed by atoms with Gasteiger partial charge in [0.05, 0.1) is 16.6 Å². The molecule has 1 atom stereocenters. The largest absolute Gasteiger partial charge is 0.495 e. The molecule has 0 aliphatic rings. The summed E-state index contributed by atoms with van der Waals surface area (Å²) < 4.78 is 34.4. The van der Waals surface area contributed by atoms with Gasteiger partial charge in [-0.15, -0.1) is 11.3 Å². The highest BCUT2D eigenvalue weighted by Gasteiger charge is 2.27. The Balaban J connectivity index is 1.89. The lowest BCUT2D eigenvalue weighted by Crippen LogP contribution is -2.45. The Labute approximate surface area is 188 Å². The van der Waals surface area contributed by atoms with Crippen LogP contribution in [0.25, 0.3) is 0 Å². The first kappa shape index (κ1) is 22.5. The monoisotopic (exact) mass is 508 g/mol. The second-order valence-corrected chi connectivity index (χ2v) is 11.0. The third-order valence-corrected chi connectivity index (χ3v) is 7.91. The SMILES string of the molecule is COc1ccc(C)cc1NC(=O)C(Cc1ccccc1)NS(=O)(=O)c1ccc(Br)s1. The molecule has 3 rings (SSSR count). The number of anilines is 1. The number of aryl methyl sites for hydroxylation is 1. The Morgan fingerprint density at radius 2 is 1.87 bits per heavy atom. The Morgan fingerprint density at radius 3 is 2.50 bits per heavy atom. The first-order valence-corrected chi connectivity index (χ1v) is 12.1. The van der Waals surface area contributed by atoms with Crippen LogP contribution in [0.5, 0.6) is 5.75 Å². The van der Waals surface area contributed by atoms with E-state index >= 15 is 0 Å². The predicted octanol–water partition coefficient (Wildman–Crippen LogP) is 4.36. The van der Waals surface area contributed by atoms with Gasteiger partial charge in [0, 0.05) is 0 Å². The Hall–Kier alpha value is -2.20. The zero-order chi connectivity index (χ0) is 21.7. The van der Waals surface area contributed by atoms with Crippen molar-refractivity contribution in [3.63, 3.8) is 0 Å². The molecule has 0 radical (unpaired) electrons. The molecule has 0 saturated carbocycles. The lowest BCUT2D eigenvalue weighted by molar-refractivity contribution is -0.117. The number of carbonyl (C=O) groups is 1. The van der Waals surface area contributed by atoms with Crippen LogP contribution in [-0.4, -0.2) is 27.5 Å². The molecule has 1 amide bonds. The molecule has 0 aliphatic heterocycles. The van der Waals surface area contributed by atoms with Gasteiger partial charge < -0.3 is 10.1 Å². The fourth-order valence-electron chi connectivity index (χ4n) is 2.86. The number of ether oxygens (including phenoxy) is 1. The summed E-state index contributed by atoms with van der Waals surface area (Å²) >= 11 is 4.35. The molecule has 0 fully saturated rings. The molecule has 1 aromatic heterocycles. The number of hydrogen-bond acceptors (Lipinski definition) is 5. The molecule has 0 bridgehead atoms. The van der Waals surface area contributed by atoms with Crippen molar-refractivity contribution in [1.29, 1.82) is 0 Å². The molecule has 158 valence electrons. The molecule has 1 unspecified atom stereocenters. The summed E-state index contributed by atoms with van der Waals surface area (Å²) in [5, 5.41) is 2.81. The van der Waals surface area contributed by atoms with Crippen molar-refractivity contribution in [3.05, 3.63) is 75.6 Å². The van der Waals surface area contributed by atoms with Crippen molar-refractivity contribution in [2.24, 2.45) is 0 Å². The fraction of sp³-hybridized carbons (Fsp3) is 0.190. The van der Waals surface area contributed by atoms with Gasteiger partial charge in [0.15, 0.2) is 0 Å². The van der Waals surface area contributed by atoms with E-state index in [1.807, 2.05) is 43.3 Å². The highest BCUT2D eigenvalue weighted by atomic mass is 79.9. The number of nitrogens with one attached hydrogen (secondary N) is 2. The van der Waals surface area contributed by atoms with E-state index < -0.39 is 22.0 Å². The maximum absolute atomic E-state index is 13.1. The van der Waals surface area contributed by atoms with E-state index in [2.05, 4.69) is 26.0 Å². The summed E-state index contributed by atoms with van der Waals surface area (Å²) in [7, 11) is -2.36. The molecular weight excluding hydrogens is 488 g/mol. The zero-order valence-electron chi connectivity index (χ0n) is 16.4. The Bertz CT molecular complexity index is 1130. The van der Waals surface area contributed by atoms with Crippen LogP contribution in [0.3, 0.4) is 0 Å². The molecule has 0 spiro atoms. The lowest BCUT2D eigenvalue weighted by atomic mass is 10.1. The van der Waals surface area contributed by atoms with Crippen LogP contribution in [0, 0.1) is 6.92 Å². The molecular formula is C21H21BrN2O4S2. The number of methoxy groups -OCH3 is 1. The topological polar surface area (TPSA) is 84.5 Å². The summed E-state index contributed by atoms with van der Waals surface area (Å²) in [6, 6.07) is 16.8. The maximum Gasteiger partial charge on any atom is 0.250 e. The first-order chi connectivity index (χ1) is 14.3. The first-order valence-electron chi connectivity index (χ1n) is 9.05. The average Bonchev–Trinajstić information content (AvgIpc) is 3.16. The van der Waals surface area contributed by atoms with Gasteiger partial charge in [0.25, 0.3) is 10.0 Å². The standard InChI is InChI=1S/C21H21BrN2O4S2/c1-14-8-9-18(28-2)16(12-14)23-21(25)17(13-15-6-4-3-5-7-15)24-30(26,27)20-11-10-19(22)29-20/h3-12,17,24H,13H2,1-2H3,(H,23,25).